The van der Waals surface area contributed by atoms with Gasteiger partial charge in [-0.2, -0.15) is 0 Å². The Bertz CT molecular complexity index is 249. The molecule has 0 amide bonds. The van der Waals surface area contributed by atoms with Crippen molar-refractivity contribution in [2.24, 2.45) is 0 Å². The van der Waals surface area contributed by atoms with Crippen molar-refractivity contribution in [2.75, 3.05) is 0 Å². The number of allylic oxidation sites excluding steroid dienone is 2. The zero-order chi connectivity index (χ0) is 14.9. The van der Waals surface area contributed by atoms with Crippen molar-refractivity contribution >= 4 is 51.5 Å². The molecule has 0 heterocycles. The van der Waals surface area contributed by atoms with Crippen LogP contribution in [0.15, 0.2) is 12.2 Å². The Labute approximate surface area is 172 Å². The first kappa shape index (κ1) is 23.9. The zero-order valence-electron chi connectivity index (χ0n) is 16.1. The smallest absolute Gasteiger partial charge is 1.00 e. The number of rotatable bonds is 15. The first-order valence-electron chi connectivity index (χ1n) is 8.64. The van der Waals surface area contributed by atoms with Crippen LogP contribution in [0.25, 0.3) is 0 Å². The molecule has 0 aliphatic heterocycles. The minimum absolute atomic E-state index is 0. The molecule has 0 aliphatic carbocycles. The van der Waals surface area contributed by atoms with Crippen LogP contribution in [-0.4, -0.2) is 56.6 Å². The van der Waals surface area contributed by atoms with E-state index in [4.69, 9.17) is 5.11 Å². The van der Waals surface area contributed by atoms with Crippen molar-refractivity contribution in [1.29, 1.82) is 0 Å². The third kappa shape index (κ3) is 23.1. The van der Waals surface area contributed by atoms with E-state index in [1.54, 1.807) is 0 Å². The first-order valence-corrected chi connectivity index (χ1v) is 8.64. The normalized spacial score (nSPS) is 10.7. The van der Waals surface area contributed by atoms with Crippen LogP contribution in [0, 0.1) is 0 Å². The molecule has 0 aromatic heterocycles. The summed E-state index contributed by atoms with van der Waals surface area (Å²) >= 11 is 0. The van der Waals surface area contributed by atoms with E-state index in [-0.39, 0.29) is 48.3 Å². The van der Waals surface area contributed by atoms with Gasteiger partial charge in [0.05, 0.1) is 0 Å². The molecule has 0 unspecified atom stereocenters. The fourth-order valence-electron chi connectivity index (χ4n) is 2.35. The Hall–Kier alpha value is 0.691. The van der Waals surface area contributed by atoms with Gasteiger partial charge in [-0.1, -0.05) is 70.4 Å². The van der Waals surface area contributed by atoms with Gasteiger partial charge in [0.15, 0.2) is 0 Å². The molecule has 0 aromatic carbocycles. The summed E-state index contributed by atoms with van der Waals surface area (Å²) in [4.78, 5) is 10.3. The Kier molecular flexibility index (Phi) is 23.6. The molecule has 3 heteroatoms. The van der Waals surface area contributed by atoms with E-state index < -0.39 is 5.97 Å². The average Bonchev–Trinajstić information content (AvgIpc) is 2.43. The quantitative estimate of drug-likeness (QED) is 0.219. The summed E-state index contributed by atoms with van der Waals surface area (Å²) in [6.45, 7) is 2.26. The second-order valence-corrected chi connectivity index (χ2v) is 5.73. The molecule has 0 radical (unpaired) electrons. The van der Waals surface area contributed by atoms with Gasteiger partial charge < -0.3 is 7.96 Å². The minimum Gasteiger partial charge on any atom is -1.00 e. The number of hydrogen-bond acceptors (Lipinski definition) is 1. The number of unbranched alkanes of at least 4 members (excludes halogenated alkanes) is 11. The van der Waals surface area contributed by atoms with Crippen molar-refractivity contribution in [3.05, 3.63) is 12.2 Å². The summed E-state index contributed by atoms with van der Waals surface area (Å²) < 4.78 is 0. The van der Waals surface area contributed by atoms with Gasteiger partial charge in [-0.15, -0.1) is 0 Å². The van der Waals surface area contributed by atoms with E-state index in [9.17, 15) is 4.79 Å². The molecule has 0 spiro atoms. The monoisotopic (exact) mass is 372 g/mol. The molecule has 0 aromatic rings. The predicted octanol–water partition coefficient (Wildman–Crippen LogP) is 5.95. The van der Waals surface area contributed by atoms with Gasteiger partial charge in [0.2, 0.25) is 0 Å². The van der Waals surface area contributed by atoms with Crippen molar-refractivity contribution in [2.45, 2.75) is 96.8 Å². The van der Waals surface area contributed by atoms with E-state index in [1.165, 1.54) is 70.6 Å². The van der Waals surface area contributed by atoms with Crippen LogP contribution < -0.4 is 0 Å². The molecule has 122 valence electrons. The maximum Gasteiger partial charge on any atom is 2.00 e. The van der Waals surface area contributed by atoms with Crippen LogP contribution in [0.3, 0.4) is 0 Å². The summed E-state index contributed by atoms with van der Waals surface area (Å²) in [7, 11) is 0. The summed E-state index contributed by atoms with van der Waals surface area (Å²) in [6, 6.07) is 0. The molecule has 2 nitrogen and oxygen atoms in total. The summed E-state index contributed by atoms with van der Waals surface area (Å²) in [5.74, 6) is -0.664. The van der Waals surface area contributed by atoms with Crippen LogP contribution in [-0.2, 0) is 4.79 Å². The van der Waals surface area contributed by atoms with E-state index in [0.717, 1.165) is 12.8 Å². The van der Waals surface area contributed by atoms with Crippen molar-refractivity contribution < 1.29 is 12.8 Å². The topological polar surface area (TPSA) is 37.3 Å². The molecule has 0 saturated carbocycles. The summed E-state index contributed by atoms with van der Waals surface area (Å²) in [5, 5.41) is 8.51. The second-order valence-electron chi connectivity index (χ2n) is 5.73. The Morgan fingerprint density at radius 2 is 1.24 bits per heavy atom. The van der Waals surface area contributed by atoms with E-state index in [0.29, 0.717) is 6.42 Å². The predicted molar refractivity (Wildman–Crippen MR) is 95.1 cm³/mol. The van der Waals surface area contributed by atoms with Crippen molar-refractivity contribution in [3.8, 4) is 0 Å². The third-order valence-corrected chi connectivity index (χ3v) is 3.65. The largest absolute Gasteiger partial charge is 2.00 e. The van der Waals surface area contributed by atoms with Gasteiger partial charge in [0.25, 0.3) is 0 Å². The van der Waals surface area contributed by atoms with E-state index in [2.05, 4.69) is 19.1 Å². The van der Waals surface area contributed by atoms with Crippen LogP contribution in [0.2, 0.25) is 0 Å². The molecule has 0 atom stereocenters. The molecule has 0 aliphatic rings. The number of carboxylic acids is 1. The Morgan fingerprint density at radius 3 is 1.71 bits per heavy atom. The van der Waals surface area contributed by atoms with Crippen LogP contribution >= 0.6 is 0 Å². The van der Waals surface area contributed by atoms with Crippen LogP contribution in [0.5, 0.6) is 0 Å². The van der Waals surface area contributed by atoms with Gasteiger partial charge in [0.1, 0.15) is 0 Å². The van der Waals surface area contributed by atoms with Crippen LogP contribution in [0.1, 0.15) is 99.7 Å². The molecular weight excluding hydrogens is 336 g/mol. The fourth-order valence-corrected chi connectivity index (χ4v) is 2.35. The Morgan fingerprint density at radius 1 is 0.810 bits per heavy atom. The molecular formula is C18H36O2Sr. The molecule has 1 N–H and O–H groups in total. The maximum atomic E-state index is 10.3. The first-order chi connectivity index (χ1) is 9.77. The van der Waals surface area contributed by atoms with Gasteiger partial charge in [-0.05, 0) is 32.1 Å². The standard InChI is InChI=1S/C18H34O2.Sr.2H/c1-2-3-4-5-6-7-8-9-10-11-12-13-14-15-16-17-18(19)20;;;/h9-10H,2-8,11-17H2,1H3,(H,19,20);;;/q;+2;2*-1. The average molecular weight is 372 g/mol. The fraction of sp³-hybridized carbons (Fsp3) is 0.833. The van der Waals surface area contributed by atoms with E-state index >= 15 is 0 Å². The third-order valence-electron chi connectivity index (χ3n) is 3.65. The minimum atomic E-state index is -0.664. The van der Waals surface area contributed by atoms with Crippen LogP contribution in [0.4, 0.5) is 0 Å². The number of hydrogen-bond donors (Lipinski definition) is 1. The summed E-state index contributed by atoms with van der Waals surface area (Å²) in [6.07, 6.45) is 21.2. The number of carbonyl (C=O) groups is 1. The van der Waals surface area contributed by atoms with E-state index in [1.807, 2.05) is 0 Å². The summed E-state index contributed by atoms with van der Waals surface area (Å²) in [5.41, 5.74) is 0. The number of aliphatic carboxylic acids is 1. The molecule has 21 heavy (non-hydrogen) atoms. The van der Waals surface area contributed by atoms with Gasteiger partial charge in [-0.25, -0.2) is 0 Å². The second kappa shape index (κ2) is 20.7. The number of carboxylic acid groups (broad SMARTS) is 1. The molecule has 0 bridgehead atoms. The van der Waals surface area contributed by atoms with Gasteiger partial charge >= 0.3 is 51.5 Å². The molecule has 0 saturated heterocycles. The molecule has 0 fully saturated rings. The SMILES string of the molecule is CCCCCCCCC=CCCCCCCCC(=O)O.[H-].[H-].[Sr+2]. The maximum absolute atomic E-state index is 10.3. The van der Waals surface area contributed by atoms with Gasteiger partial charge in [-0.3, -0.25) is 4.79 Å². The van der Waals surface area contributed by atoms with Crippen molar-refractivity contribution in [3.63, 3.8) is 0 Å². The van der Waals surface area contributed by atoms with Gasteiger partial charge in [0, 0.05) is 6.42 Å². The van der Waals surface area contributed by atoms with Crippen molar-refractivity contribution in [1.82, 2.24) is 0 Å². The Balaban J connectivity index is -0.000000602. The zero-order valence-corrected chi connectivity index (χ0v) is 17.6. The molecule has 0 rings (SSSR count).